The van der Waals surface area contributed by atoms with Gasteiger partial charge >= 0.3 is 0 Å². The molecule has 3 heterocycles. The van der Waals surface area contributed by atoms with Crippen molar-refractivity contribution in [2.24, 2.45) is 11.8 Å². The lowest BCUT2D eigenvalue weighted by Gasteiger charge is -2.36. The first-order chi connectivity index (χ1) is 12.9. The number of hydrogen-bond donors (Lipinski definition) is 0. The molecule has 136 valence electrons. The summed E-state index contributed by atoms with van der Waals surface area (Å²) in [6, 6.07) is 11.3. The van der Waals surface area contributed by atoms with Crippen molar-refractivity contribution < 1.29 is 0 Å². The van der Waals surface area contributed by atoms with Crippen LogP contribution in [0.5, 0.6) is 0 Å². The summed E-state index contributed by atoms with van der Waals surface area (Å²) in [4.78, 5) is 4.87. The molecule has 0 spiro atoms. The molecule has 2 aliphatic carbocycles. The van der Waals surface area contributed by atoms with E-state index in [9.17, 15) is 0 Å². The summed E-state index contributed by atoms with van der Waals surface area (Å²) in [6.07, 6.45) is 16.0. The normalized spacial score (nSPS) is 32.2. The Morgan fingerprint density at radius 1 is 0.962 bits per heavy atom. The molecular formula is C23H28NPS. The van der Waals surface area contributed by atoms with Gasteiger partial charge in [0.05, 0.1) is 5.69 Å². The van der Waals surface area contributed by atoms with E-state index in [-0.39, 0.29) is 7.92 Å². The summed E-state index contributed by atoms with van der Waals surface area (Å²) in [7, 11) is -0.192. The molecule has 0 aromatic carbocycles. The highest BCUT2D eigenvalue weighted by atomic mass is 32.1. The van der Waals surface area contributed by atoms with Crippen molar-refractivity contribution in [3.63, 3.8) is 0 Å². The summed E-state index contributed by atoms with van der Waals surface area (Å²) in [6.45, 7) is 0. The first-order valence-electron chi connectivity index (χ1n) is 10.4. The van der Waals surface area contributed by atoms with Crippen LogP contribution < -0.4 is 4.62 Å². The van der Waals surface area contributed by atoms with Crippen molar-refractivity contribution in [2.75, 3.05) is 0 Å². The highest BCUT2D eigenvalue weighted by Crippen LogP contribution is 2.71. The summed E-state index contributed by atoms with van der Waals surface area (Å²) >= 11 is 2.01. The molecule has 2 fully saturated rings. The number of allylic oxidation sites excluding steroid dienone is 2. The second-order valence-electron chi connectivity index (χ2n) is 8.15. The van der Waals surface area contributed by atoms with Crippen LogP contribution in [0.3, 0.4) is 0 Å². The van der Waals surface area contributed by atoms with E-state index in [1.165, 1.54) is 57.1 Å². The Hall–Kier alpha value is -0.980. The molecule has 3 aliphatic rings. The van der Waals surface area contributed by atoms with Crippen LogP contribution in [0.1, 0.15) is 62.7 Å². The van der Waals surface area contributed by atoms with Crippen molar-refractivity contribution in [3.8, 4) is 0 Å². The van der Waals surface area contributed by atoms with Crippen molar-refractivity contribution in [1.29, 1.82) is 0 Å². The van der Waals surface area contributed by atoms with Gasteiger partial charge in [-0.2, -0.15) is 0 Å². The zero-order valence-electron chi connectivity index (χ0n) is 15.4. The molecule has 2 unspecified atom stereocenters. The smallest absolute Gasteiger partial charge is 0.0521 e. The Morgan fingerprint density at radius 3 is 2.65 bits per heavy atom. The van der Waals surface area contributed by atoms with Crippen LogP contribution in [0.15, 0.2) is 53.6 Å². The van der Waals surface area contributed by atoms with Gasteiger partial charge in [-0.1, -0.05) is 43.0 Å². The summed E-state index contributed by atoms with van der Waals surface area (Å²) in [5.41, 5.74) is 4.57. The van der Waals surface area contributed by atoms with Gasteiger partial charge in [-0.25, -0.2) is 0 Å². The summed E-state index contributed by atoms with van der Waals surface area (Å²) in [5, 5.41) is 2.29. The van der Waals surface area contributed by atoms with E-state index in [4.69, 9.17) is 4.98 Å². The second-order valence-corrected chi connectivity index (χ2v) is 11.8. The molecule has 26 heavy (non-hydrogen) atoms. The Kier molecular flexibility index (Phi) is 4.99. The summed E-state index contributed by atoms with van der Waals surface area (Å²) < 4.78 is 1.67. The largest absolute Gasteiger partial charge is 0.260 e. The number of thiophene rings is 1. The van der Waals surface area contributed by atoms with Crippen molar-refractivity contribution in [3.05, 3.63) is 59.3 Å². The molecule has 0 bridgehead atoms. The van der Waals surface area contributed by atoms with Gasteiger partial charge in [-0.3, -0.25) is 4.98 Å². The van der Waals surface area contributed by atoms with Crippen molar-refractivity contribution in [1.82, 2.24) is 4.98 Å². The first kappa shape index (κ1) is 17.1. The molecule has 0 N–H and O–H groups in total. The lowest BCUT2D eigenvalue weighted by molar-refractivity contribution is 0.305. The molecule has 1 aliphatic heterocycles. The predicted octanol–water partition coefficient (Wildman–Crippen LogP) is 6.68. The van der Waals surface area contributed by atoms with E-state index < -0.39 is 0 Å². The number of aromatic nitrogens is 1. The minimum Gasteiger partial charge on any atom is -0.260 e. The molecule has 1 saturated heterocycles. The van der Waals surface area contributed by atoms with Crippen molar-refractivity contribution >= 4 is 23.9 Å². The molecular weight excluding hydrogens is 353 g/mol. The molecule has 1 saturated carbocycles. The fraction of sp³-hybridized carbons (Fsp3) is 0.522. The number of hydrogen-bond acceptors (Lipinski definition) is 2. The third-order valence-corrected chi connectivity index (χ3v) is 11.5. The topological polar surface area (TPSA) is 12.9 Å². The molecule has 2 aromatic rings. The minimum atomic E-state index is -0.192. The maximum absolute atomic E-state index is 4.87. The van der Waals surface area contributed by atoms with Crippen LogP contribution in [0.2, 0.25) is 0 Å². The highest BCUT2D eigenvalue weighted by molar-refractivity contribution is 7.73. The second kappa shape index (κ2) is 7.56. The highest BCUT2D eigenvalue weighted by Gasteiger charge is 2.51. The molecule has 5 rings (SSSR count). The standard InChI is InChI=1S/C23H28NPS/c1-2-9-17(10-3-1)22-18-11-4-5-12-19(18)23(20-13-6-7-15-24-20)25(22)21-14-8-16-26-21/h6-8,12-18,22-23H,1-5,9-11H2/t18?,22?,23-,25-/m0/s1. The Morgan fingerprint density at radius 2 is 1.88 bits per heavy atom. The average molecular weight is 382 g/mol. The van der Waals surface area contributed by atoms with E-state index in [1.807, 2.05) is 17.5 Å². The third kappa shape index (κ3) is 3.00. The van der Waals surface area contributed by atoms with Gasteiger partial charge in [0.15, 0.2) is 0 Å². The van der Waals surface area contributed by atoms with Crippen LogP contribution in [-0.4, -0.2) is 10.6 Å². The third-order valence-electron chi connectivity index (χ3n) is 6.72. The monoisotopic (exact) mass is 381 g/mol. The van der Waals surface area contributed by atoms with Crippen molar-refractivity contribution in [2.45, 2.75) is 62.7 Å². The van der Waals surface area contributed by atoms with Crippen LogP contribution in [0.25, 0.3) is 0 Å². The van der Waals surface area contributed by atoms with Gasteiger partial charge in [0.2, 0.25) is 0 Å². The van der Waals surface area contributed by atoms with E-state index in [2.05, 4.69) is 41.8 Å². The van der Waals surface area contributed by atoms with Gasteiger partial charge in [0.1, 0.15) is 0 Å². The lowest BCUT2D eigenvalue weighted by atomic mass is 9.75. The van der Waals surface area contributed by atoms with Crippen LogP contribution in [0.4, 0.5) is 0 Å². The number of pyridine rings is 1. The number of nitrogens with zero attached hydrogens (tertiary/aromatic N) is 1. The maximum atomic E-state index is 4.87. The molecule has 3 heteroatoms. The molecule has 2 aromatic heterocycles. The predicted molar refractivity (Wildman–Crippen MR) is 114 cm³/mol. The van der Waals surface area contributed by atoms with Gasteiger partial charge < -0.3 is 0 Å². The summed E-state index contributed by atoms with van der Waals surface area (Å²) in [5.74, 6) is 1.77. The van der Waals surface area contributed by atoms with E-state index in [0.717, 1.165) is 17.5 Å². The van der Waals surface area contributed by atoms with Crippen LogP contribution >= 0.6 is 19.3 Å². The van der Waals surface area contributed by atoms with Crippen LogP contribution in [-0.2, 0) is 0 Å². The van der Waals surface area contributed by atoms with Gasteiger partial charge in [0.25, 0.3) is 0 Å². The lowest BCUT2D eigenvalue weighted by Crippen LogP contribution is -2.28. The molecule has 1 nitrogen and oxygen atoms in total. The van der Waals surface area contributed by atoms with Gasteiger partial charge in [-0.05, 0) is 81.1 Å². The first-order valence-corrected chi connectivity index (χ1v) is 12.7. The SMILES string of the molecule is C1=C2C(CCC1)C(C1CCCCC1)[P@](c1cccs1)[C@@H]2c1ccccn1. The molecule has 0 radical (unpaired) electrons. The fourth-order valence-electron chi connectivity index (χ4n) is 5.71. The minimum absolute atomic E-state index is 0.192. The quantitative estimate of drug-likeness (QED) is 0.427. The zero-order valence-corrected chi connectivity index (χ0v) is 17.1. The Balaban J connectivity index is 1.63. The number of fused-ring (bicyclic) bond motifs is 1. The average Bonchev–Trinajstić information content (AvgIpc) is 3.35. The Labute approximate surface area is 162 Å². The molecule has 4 atom stereocenters. The van der Waals surface area contributed by atoms with E-state index >= 15 is 0 Å². The number of rotatable bonds is 3. The van der Waals surface area contributed by atoms with E-state index in [1.54, 1.807) is 10.2 Å². The molecule has 0 amide bonds. The maximum Gasteiger partial charge on any atom is 0.0521 e. The zero-order chi connectivity index (χ0) is 17.3. The van der Waals surface area contributed by atoms with Crippen LogP contribution in [0, 0.1) is 11.8 Å². The Bertz CT molecular complexity index is 748. The van der Waals surface area contributed by atoms with Gasteiger partial charge in [-0.15, -0.1) is 11.3 Å². The fourth-order valence-corrected chi connectivity index (χ4v) is 11.2. The van der Waals surface area contributed by atoms with Gasteiger partial charge in [0, 0.05) is 16.5 Å². The van der Waals surface area contributed by atoms with E-state index in [0.29, 0.717) is 5.66 Å².